The molecule has 98 valence electrons. The molecule has 5 N–H and O–H groups in total. The fourth-order valence-electron chi connectivity index (χ4n) is 0.980. The molecule has 1 aromatic rings. The maximum atomic E-state index is 12.0. The molecule has 0 aromatic heterocycles. The van der Waals surface area contributed by atoms with Gasteiger partial charge in [-0.15, -0.1) is 18.3 Å². The quantitative estimate of drug-likeness (QED) is 0.427. The second kappa shape index (κ2) is 5.25. The molecule has 0 heterocycles. The summed E-state index contributed by atoms with van der Waals surface area (Å²) in [5.41, 5.74) is 10.2. The minimum Gasteiger partial charge on any atom is -0.504 e. The molecule has 0 aliphatic heterocycles. The van der Waals surface area contributed by atoms with Crippen LogP contribution in [-0.4, -0.2) is 23.6 Å². The molecule has 0 spiro atoms. The minimum atomic E-state index is -4.90. The molecule has 0 saturated heterocycles. The number of alkyl halides is 3. The Kier molecular flexibility index (Phi) is 3.97. The number of halogens is 3. The van der Waals surface area contributed by atoms with Crippen LogP contribution in [0.1, 0.15) is 5.56 Å². The van der Waals surface area contributed by atoms with Crippen LogP contribution in [0.2, 0.25) is 0 Å². The van der Waals surface area contributed by atoms with Gasteiger partial charge in [0.1, 0.15) is 0 Å². The number of benzene rings is 1. The van der Waals surface area contributed by atoms with E-state index in [1.54, 1.807) is 0 Å². The number of phenols is 1. The Hall–Kier alpha value is -2.45. The molecule has 0 atom stereocenters. The summed E-state index contributed by atoms with van der Waals surface area (Å²) in [6.45, 7) is 0. The third-order valence-corrected chi connectivity index (χ3v) is 1.59. The molecule has 9 heteroatoms. The van der Waals surface area contributed by atoms with E-state index in [1.165, 1.54) is 6.07 Å². The Morgan fingerprint density at radius 3 is 2.56 bits per heavy atom. The third-order valence-electron chi connectivity index (χ3n) is 1.59. The fourth-order valence-corrected chi connectivity index (χ4v) is 0.980. The van der Waals surface area contributed by atoms with Crippen molar-refractivity contribution in [2.24, 2.45) is 21.7 Å². The lowest BCUT2D eigenvalue weighted by Gasteiger charge is -2.10. The van der Waals surface area contributed by atoms with Crippen molar-refractivity contribution >= 4 is 12.2 Å². The summed E-state index contributed by atoms with van der Waals surface area (Å²) < 4.78 is 39.6. The van der Waals surface area contributed by atoms with E-state index < -0.39 is 17.9 Å². The largest absolute Gasteiger partial charge is 0.573 e. The number of nitrogens with zero attached hydrogens (tertiary/aromatic N) is 2. The topological polar surface area (TPSA) is 106 Å². The van der Waals surface area contributed by atoms with Crippen LogP contribution in [0.15, 0.2) is 28.4 Å². The minimum absolute atomic E-state index is 0.219. The predicted octanol–water partition coefficient (Wildman–Crippen LogP) is 0.898. The van der Waals surface area contributed by atoms with E-state index in [2.05, 4.69) is 14.9 Å². The first-order valence-electron chi connectivity index (χ1n) is 4.48. The van der Waals surface area contributed by atoms with Gasteiger partial charge in [-0.2, -0.15) is 5.10 Å². The van der Waals surface area contributed by atoms with E-state index in [1.807, 2.05) is 0 Å². The number of aromatic hydroxyl groups is 1. The van der Waals surface area contributed by atoms with Crippen LogP contribution >= 0.6 is 0 Å². The van der Waals surface area contributed by atoms with Gasteiger partial charge in [0.25, 0.3) is 0 Å². The highest BCUT2D eigenvalue weighted by molar-refractivity contribution is 5.82. The lowest BCUT2D eigenvalue weighted by Crippen LogP contribution is -2.21. The zero-order valence-electron chi connectivity index (χ0n) is 8.85. The number of nitrogens with two attached hydrogens (primary N) is 2. The molecule has 0 saturated carbocycles. The SMILES string of the molecule is NC(N)=NN=Cc1ccc(O)c(OC(F)(F)F)c1. The predicted molar refractivity (Wildman–Crippen MR) is 58.2 cm³/mol. The van der Waals surface area contributed by atoms with E-state index in [0.717, 1.165) is 18.3 Å². The van der Waals surface area contributed by atoms with E-state index in [4.69, 9.17) is 11.5 Å². The van der Waals surface area contributed by atoms with Crippen molar-refractivity contribution in [2.75, 3.05) is 0 Å². The van der Waals surface area contributed by atoms with Gasteiger partial charge in [-0.1, -0.05) is 0 Å². The van der Waals surface area contributed by atoms with Gasteiger partial charge in [0, 0.05) is 0 Å². The average Bonchev–Trinajstić information content (AvgIpc) is 2.20. The van der Waals surface area contributed by atoms with Gasteiger partial charge in [0.05, 0.1) is 6.21 Å². The summed E-state index contributed by atoms with van der Waals surface area (Å²) in [4.78, 5) is 0. The van der Waals surface area contributed by atoms with Gasteiger partial charge < -0.3 is 21.3 Å². The van der Waals surface area contributed by atoms with Crippen molar-refractivity contribution in [1.82, 2.24) is 0 Å². The van der Waals surface area contributed by atoms with Gasteiger partial charge in [-0.3, -0.25) is 0 Å². The van der Waals surface area contributed by atoms with Crippen LogP contribution in [0.5, 0.6) is 11.5 Å². The molecule has 0 radical (unpaired) electrons. The number of ether oxygens (including phenoxy) is 1. The van der Waals surface area contributed by atoms with E-state index >= 15 is 0 Å². The molecule has 0 aliphatic carbocycles. The highest BCUT2D eigenvalue weighted by Gasteiger charge is 2.32. The first-order valence-corrected chi connectivity index (χ1v) is 4.48. The average molecular weight is 262 g/mol. The van der Waals surface area contributed by atoms with Crippen molar-refractivity contribution in [3.05, 3.63) is 23.8 Å². The molecular weight excluding hydrogens is 253 g/mol. The maximum absolute atomic E-state index is 12.0. The van der Waals surface area contributed by atoms with E-state index in [9.17, 15) is 18.3 Å². The molecule has 1 rings (SSSR count). The van der Waals surface area contributed by atoms with Crippen LogP contribution in [-0.2, 0) is 0 Å². The first-order chi connectivity index (χ1) is 8.28. The molecule has 6 nitrogen and oxygen atoms in total. The van der Waals surface area contributed by atoms with E-state index in [0.29, 0.717) is 0 Å². The monoisotopic (exact) mass is 262 g/mol. The summed E-state index contributed by atoms with van der Waals surface area (Å²) in [6, 6.07) is 3.27. The Bertz CT molecular complexity index is 481. The zero-order valence-corrected chi connectivity index (χ0v) is 8.85. The number of hydrogen-bond donors (Lipinski definition) is 3. The highest BCUT2D eigenvalue weighted by atomic mass is 19.4. The smallest absolute Gasteiger partial charge is 0.504 e. The zero-order chi connectivity index (χ0) is 13.8. The van der Waals surface area contributed by atoms with Crippen molar-refractivity contribution in [3.8, 4) is 11.5 Å². The summed E-state index contributed by atoms with van der Waals surface area (Å²) >= 11 is 0. The van der Waals surface area contributed by atoms with Crippen LogP contribution in [0, 0.1) is 0 Å². The Balaban J connectivity index is 2.94. The van der Waals surface area contributed by atoms with Crippen molar-refractivity contribution in [3.63, 3.8) is 0 Å². The maximum Gasteiger partial charge on any atom is 0.573 e. The number of guanidine groups is 1. The summed E-state index contributed by atoms with van der Waals surface area (Å²) in [5.74, 6) is -1.68. The molecule has 0 amide bonds. The van der Waals surface area contributed by atoms with Gasteiger partial charge in [0.15, 0.2) is 11.5 Å². The standard InChI is InChI=1S/C9H9F3N4O2/c10-9(11,12)18-7-3-5(1-2-6(7)17)4-15-16-8(13)14/h1-4,17H,(H4,13,14,16). The normalized spacial score (nSPS) is 11.5. The number of hydrogen-bond acceptors (Lipinski definition) is 4. The molecule has 1 aromatic carbocycles. The van der Waals surface area contributed by atoms with Crippen LogP contribution < -0.4 is 16.2 Å². The van der Waals surface area contributed by atoms with Crippen LogP contribution in [0.25, 0.3) is 0 Å². The van der Waals surface area contributed by atoms with Crippen molar-refractivity contribution in [1.29, 1.82) is 0 Å². The Morgan fingerprint density at radius 2 is 2.00 bits per heavy atom. The third kappa shape index (κ3) is 4.60. The second-order valence-electron chi connectivity index (χ2n) is 3.04. The highest BCUT2D eigenvalue weighted by Crippen LogP contribution is 2.31. The Morgan fingerprint density at radius 1 is 1.33 bits per heavy atom. The van der Waals surface area contributed by atoms with Crippen molar-refractivity contribution in [2.45, 2.75) is 6.36 Å². The van der Waals surface area contributed by atoms with Gasteiger partial charge in [0.2, 0.25) is 5.96 Å². The Labute approximate surface area is 99.4 Å². The van der Waals surface area contributed by atoms with Gasteiger partial charge in [-0.25, -0.2) is 0 Å². The summed E-state index contributed by atoms with van der Waals surface area (Å²) in [6.07, 6.45) is -3.80. The number of phenolic OH excluding ortho intramolecular Hbond substituents is 1. The molecular formula is C9H9F3N4O2. The van der Waals surface area contributed by atoms with E-state index in [-0.39, 0.29) is 11.5 Å². The second-order valence-corrected chi connectivity index (χ2v) is 3.04. The number of rotatable bonds is 3. The van der Waals surface area contributed by atoms with Crippen molar-refractivity contribution < 1.29 is 23.0 Å². The lowest BCUT2D eigenvalue weighted by molar-refractivity contribution is -0.275. The van der Waals surface area contributed by atoms with Crippen LogP contribution in [0.3, 0.4) is 0 Å². The summed E-state index contributed by atoms with van der Waals surface area (Å²) in [5, 5.41) is 15.8. The molecule has 0 bridgehead atoms. The van der Waals surface area contributed by atoms with Gasteiger partial charge >= 0.3 is 6.36 Å². The van der Waals surface area contributed by atoms with Crippen LogP contribution in [0.4, 0.5) is 13.2 Å². The fraction of sp³-hybridized carbons (Fsp3) is 0.111. The molecule has 18 heavy (non-hydrogen) atoms. The van der Waals surface area contributed by atoms with Gasteiger partial charge in [-0.05, 0) is 23.8 Å². The molecule has 0 aliphatic rings. The molecule has 0 fully saturated rings. The lowest BCUT2D eigenvalue weighted by atomic mass is 10.2. The first kappa shape index (κ1) is 13.6. The molecule has 0 unspecified atom stereocenters. The summed E-state index contributed by atoms with van der Waals surface area (Å²) in [7, 11) is 0.